The van der Waals surface area contributed by atoms with E-state index in [0.29, 0.717) is 11.6 Å². The molecule has 0 aliphatic carbocycles. The summed E-state index contributed by atoms with van der Waals surface area (Å²) in [6.45, 7) is 3.83. The topological polar surface area (TPSA) is 92.3 Å². The van der Waals surface area contributed by atoms with Crippen LogP contribution < -0.4 is 9.44 Å². The summed E-state index contributed by atoms with van der Waals surface area (Å²) in [4.78, 5) is 0.116. The zero-order valence-electron chi connectivity index (χ0n) is 14.1. The van der Waals surface area contributed by atoms with Crippen LogP contribution in [0.25, 0.3) is 0 Å². The summed E-state index contributed by atoms with van der Waals surface area (Å²) >= 11 is 0. The number of anilines is 1. The number of hydrogen-bond acceptors (Lipinski definition) is 4. The van der Waals surface area contributed by atoms with E-state index >= 15 is 0 Å². The van der Waals surface area contributed by atoms with Crippen LogP contribution in [-0.4, -0.2) is 29.1 Å². The van der Waals surface area contributed by atoms with Gasteiger partial charge in [0.25, 0.3) is 0 Å². The van der Waals surface area contributed by atoms with Gasteiger partial charge in [-0.05, 0) is 35.7 Å². The number of hydrogen-bond donors (Lipinski definition) is 2. The third kappa shape index (κ3) is 5.84. The van der Waals surface area contributed by atoms with Crippen molar-refractivity contribution in [2.75, 3.05) is 17.0 Å². The van der Waals surface area contributed by atoms with Crippen molar-refractivity contribution in [2.45, 2.75) is 24.7 Å². The van der Waals surface area contributed by atoms with Crippen molar-refractivity contribution in [1.29, 1.82) is 0 Å². The summed E-state index contributed by atoms with van der Waals surface area (Å²) in [6.07, 6.45) is 0. The van der Waals surface area contributed by atoms with Crippen LogP contribution in [0.3, 0.4) is 0 Å². The molecule has 8 heteroatoms. The van der Waals surface area contributed by atoms with Crippen molar-refractivity contribution in [2.24, 2.45) is 0 Å². The third-order valence-electron chi connectivity index (χ3n) is 3.57. The maximum atomic E-state index is 12.2. The van der Waals surface area contributed by atoms with E-state index in [1.165, 1.54) is 12.1 Å². The number of nitrogens with one attached hydrogen (secondary N) is 2. The summed E-state index contributed by atoms with van der Waals surface area (Å²) in [7, 11) is -7.37. The lowest BCUT2D eigenvalue weighted by Crippen LogP contribution is -2.31. The maximum absolute atomic E-state index is 12.2. The van der Waals surface area contributed by atoms with Gasteiger partial charge in [0.1, 0.15) is 0 Å². The number of sulfonamides is 2. The van der Waals surface area contributed by atoms with Gasteiger partial charge in [-0.2, -0.15) is 0 Å². The fourth-order valence-electron chi connectivity index (χ4n) is 2.16. The zero-order chi connectivity index (χ0) is 18.5. The first kappa shape index (κ1) is 19.4. The number of benzene rings is 2. The highest BCUT2D eigenvalue weighted by Gasteiger charge is 2.16. The SMILES string of the molecule is CC(C)c1ccc(S(=O)(=O)NCCS(=O)(=O)Nc2ccccc2)cc1. The average Bonchev–Trinajstić information content (AvgIpc) is 2.55. The van der Waals surface area contributed by atoms with Gasteiger partial charge in [0.2, 0.25) is 20.0 Å². The van der Waals surface area contributed by atoms with Crippen LogP contribution >= 0.6 is 0 Å². The van der Waals surface area contributed by atoms with Gasteiger partial charge in [-0.15, -0.1) is 0 Å². The highest BCUT2D eigenvalue weighted by molar-refractivity contribution is 7.92. The Morgan fingerprint density at radius 2 is 1.48 bits per heavy atom. The van der Waals surface area contributed by atoms with Crippen LogP contribution in [0.15, 0.2) is 59.5 Å². The van der Waals surface area contributed by atoms with Gasteiger partial charge in [0.15, 0.2) is 0 Å². The molecule has 0 aliphatic rings. The molecule has 2 rings (SSSR count). The average molecular weight is 383 g/mol. The summed E-state index contributed by atoms with van der Waals surface area (Å²) < 4.78 is 53.2. The molecule has 0 radical (unpaired) electrons. The molecule has 0 saturated carbocycles. The molecule has 0 fully saturated rings. The van der Waals surface area contributed by atoms with Crippen LogP contribution in [0.1, 0.15) is 25.3 Å². The predicted molar refractivity (Wildman–Crippen MR) is 99.6 cm³/mol. The molecule has 6 nitrogen and oxygen atoms in total. The van der Waals surface area contributed by atoms with Crippen LogP contribution in [-0.2, 0) is 20.0 Å². The minimum absolute atomic E-state index is 0.116. The Kier molecular flexibility index (Phi) is 6.21. The van der Waals surface area contributed by atoms with Gasteiger partial charge in [0, 0.05) is 12.2 Å². The van der Waals surface area contributed by atoms with Gasteiger partial charge in [-0.3, -0.25) is 4.72 Å². The summed E-state index contributed by atoms with van der Waals surface area (Å²) in [5.74, 6) is -0.0514. The summed E-state index contributed by atoms with van der Waals surface area (Å²) in [5.41, 5.74) is 1.48. The molecule has 0 atom stereocenters. The normalized spacial score (nSPS) is 12.3. The van der Waals surface area contributed by atoms with Crippen molar-refractivity contribution in [3.05, 3.63) is 60.2 Å². The number of para-hydroxylation sites is 1. The molecule has 0 heterocycles. The van der Waals surface area contributed by atoms with Crippen molar-refractivity contribution in [3.8, 4) is 0 Å². The lowest BCUT2D eigenvalue weighted by Gasteiger charge is -2.10. The Bertz CT molecular complexity index is 891. The fraction of sp³-hybridized carbons (Fsp3) is 0.294. The molecule has 2 aromatic rings. The minimum atomic E-state index is -3.74. The quantitative estimate of drug-likeness (QED) is 0.734. The van der Waals surface area contributed by atoms with E-state index in [0.717, 1.165) is 5.56 Å². The largest absolute Gasteiger partial charge is 0.284 e. The number of rotatable bonds is 8. The standard InChI is InChI=1S/C17H22N2O4S2/c1-14(2)15-8-10-17(11-9-15)25(22,23)18-12-13-24(20,21)19-16-6-4-3-5-7-16/h3-11,14,18-19H,12-13H2,1-2H3. The van der Waals surface area contributed by atoms with Gasteiger partial charge in [-0.1, -0.05) is 44.2 Å². The Morgan fingerprint density at radius 3 is 2.04 bits per heavy atom. The van der Waals surface area contributed by atoms with Crippen molar-refractivity contribution < 1.29 is 16.8 Å². The van der Waals surface area contributed by atoms with Crippen molar-refractivity contribution in [1.82, 2.24) is 4.72 Å². The van der Waals surface area contributed by atoms with Gasteiger partial charge < -0.3 is 0 Å². The molecule has 25 heavy (non-hydrogen) atoms. The first-order chi connectivity index (χ1) is 11.7. The van der Waals surface area contributed by atoms with Crippen molar-refractivity contribution >= 4 is 25.7 Å². The van der Waals surface area contributed by atoms with E-state index in [1.807, 2.05) is 13.8 Å². The van der Waals surface area contributed by atoms with Crippen LogP contribution in [0.2, 0.25) is 0 Å². The van der Waals surface area contributed by atoms with E-state index < -0.39 is 20.0 Å². The fourth-order valence-corrected chi connectivity index (χ4v) is 4.29. The highest BCUT2D eigenvalue weighted by atomic mass is 32.2. The van der Waals surface area contributed by atoms with Crippen molar-refractivity contribution in [3.63, 3.8) is 0 Å². The van der Waals surface area contributed by atoms with Gasteiger partial charge in [0.05, 0.1) is 10.6 Å². The summed E-state index contributed by atoms with van der Waals surface area (Å²) in [5, 5.41) is 0. The highest BCUT2D eigenvalue weighted by Crippen LogP contribution is 2.17. The van der Waals surface area contributed by atoms with E-state index in [9.17, 15) is 16.8 Å². The molecule has 0 aliphatic heterocycles. The minimum Gasteiger partial charge on any atom is -0.284 e. The lowest BCUT2D eigenvalue weighted by atomic mass is 10.0. The molecule has 136 valence electrons. The van der Waals surface area contributed by atoms with Gasteiger partial charge >= 0.3 is 0 Å². The monoisotopic (exact) mass is 382 g/mol. The Labute approximate surface area is 149 Å². The summed E-state index contributed by atoms with van der Waals surface area (Å²) in [6, 6.07) is 15.0. The van der Waals surface area contributed by atoms with E-state index in [1.54, 1.807) is 42.5 Å². The second-order valence-electron chi connectivity index (χ2n) is 5.91. The Hall–Kier alpha value is -1.90. The molecule has 0 saturated heterocycles. The molecule has 0 unspecified atom stereocenters. The first-order valence-corrected chi connectivity index (χ1v) is 11.0. The molecule has 0 aromatic heterocycles. The molecule has 2 N–H and O–H groups in total. The van der Waals surface area contributed by atoms with Crippen LogP contribution in [0.4, 0.5) is 5.69 Å². The van der Waals surface area contributed by atoms with Crippen LogP contribution in [0, 0.1) is 0 Å². The molecule has 0 amide bonds. The Balaban J connectivity index is 1.95. The third-order valence-corrected chi connectivity index (χ3v) is 6.33. The second kappa shape index (κ2) is 7.99. The second-order valence-corrected chi connectivity index (χ2v) is 9.52. The molecule has 0 spiro atoms. The first-order valence-electron chi connectivity index (χ1n) is 7.85. The molecular formula is C17H22N2O4S2. The van der Waals surface area contributed by atoms with Crippen LogP contribution in [0.5, 0.6) is 0 Å². The van der Waals surface area contributed by atoms with Gasteiger partial charge in [-0.25, -0.2) is 21.6 Å². The van der Waals surface area contributed by atoms with E-state index in [2.05, 4.69) is 9.44 Å². The lowest BCUT2D eigenvalue weighted by molar-refractivity contribution is 0.582. The molecular weight excluding hydrogens is 360 g/mol. The smallest absolute Gasteiger partial charge is 0.240 e. The Morgan fingerprint density at radius 1 is 0.880 bits per heavy atom. The predicted octanol–water partition coefficient (Wildman–Crippen LogP) is 2.53. The van der Waals surface area contributed by atoms with E-state index in [-0.39, 0.29) is 17.2 Å². The zero-order valence-corrected chi connectivity index (χ0v) is 15.8. The molecule has 2 aromatic carbocycles. The van der Waals surface area contributed by atoms with E-state index in [4.69, 9.17) is 0 Å². The maximum Gasteiger partial charge on any atom is 0.240 e. The molecule has 0 bridgehead atoms.